The molecule has 3 aliphatic rings. The van der Waals surface area contributed by atoms with Gasteiger partial charge in [-0.1, -0.05) is 6.92 Å². The lowest BCUT2D eigenvalue weighted by Crippen LogP contribution is -2.38. The highest BCUT2D eigenvalue weighted by Gasteiger charge is 2.47. The van der Waals surface area contributed by atoms with Crippen LogP contribution in [0, 0.1) is 0 Å². The Kier molecular flexibility index (Phi) is 2.56. The number of hydrogen-bond donors (Lipinski definition) is 0. The standard InChI is InChI=1S/C11H16N2O4/c1-2-9-10(14)13(4-8-6-17-8)11(15)12(9)3-7-5-16-7/h7-9H,2-6H2,1H3. The molecule has 3 fully saturated rings. The SMILES string of the molecule is CCC1C(=O)N(CC2CO2)C(=O)N1CC1CO1. The summed E-state index contributed by atoms with van der Waals surface area (Å²) in [7, 11) is 0. The molecule has 3 heterocycles. The maximum absolute atomic E-state index is 12.1. The van der Waals surface area contributed by atoms with E-state index in [9.17, 15) is 9.59 Å². The van der Waals surface area contributed by atoms with Gasteiger partial charge in [-0.3, -0.25) is 9.69 Å². The normalized spacial score (nSPS) is 35.7. The van der Waals surface area contributed by atoms with Crippen LogP contribution >= 0.6 is 0 Å². The molecule has 0 bridgehead atoms. The molecule has 6 heteroatoms. The largest absolute Gasteiger partial charge is 0.371 e. The minimum Gasteiger partial charge on any atom is -0.371 e. The Balaban J connectivity index is 1.72. The molecule has 94 valence electrons. The predicted octanol–water partition coefficient (Wildman–Crippen LogP) is -0.173. The molecule has 6 nitrogen and oxygen atoms in total. The summed E-state index contributed by atoms with van der Waals surface area (Å²) in [5, 5.41) is 0. The lowest BCUT2D eigenvalue weighted by Gasteiger charge is -2.19. The van der Waals surface area contributed by atoms with Crippen LogP contribution in [0.2, 0.25) is 0 Å². The smallest absolute Gasteiger partial charge is 0.327 e. The van der Waals surface area contributed by atoms with Gasteiger partial charge in [0.2, 0.25) is 0 Å². The van der Waals surface area contributed by atoms with Crippen LogP contribution in [0.25, 0.3) is 0 Å². The number of carbonyl (C=O) groups is 2. The number of nitrogens with zero attached hydrogens (tertiary/aromatic N) is 2. The topological polar surface area (TPSA) is 65.7 Å². The first kappa shape index (κ1) is 11.0. The number of amides is 3. The molecular formula is C11H16N2O4. The Morgan fingerprint density at radius 1 is 1.18 bits per heavy atom. The fourth-order valence-electron chi connectivity index (χ4n) is 2.23. The van der Waals surface area contributed by atoms with Crippen LogP contribution in [-0.2, 0) is 14.3 Å². The van der Waals surface area contributed by atoms with Gasteiger partial charge in [0, 0.05) is 0 Å². The summed E-state index contributed by atoms with van der Waals surface area (Å²) < 4.78 is 10.2. The zero-order chi connectivity index (χ0) is 12.0. The summed E-state index contributed by atoms with van der Waals surface area (Å²) in [4.78, 5) is 27.2. The van der Waals surface area contributed by atoms with E-state index in [1.165, 1.54) is 4.90 Å². The number of imide groups is 1. The van der Waals surface area contributed by atoms with Crippen molar-refractivity contribution < 1.29 is 19.1 Å². The molecule has 0 saturated carbocycles. The molecule has 0 aliphatic carbocycles. The molecule has 3 aliphatic heterocycles. The zero-order valence-electron chi connectivity index (χ0n) is 9.80. The molecule has 17 heavy (non-hydrogen) atoms. The van der Waals surface area contributed by atoms with Gasteiger partial charge in [-0.2, -0.15) is 0 Å². The minimum absolute atomic E-state index is 0.0533. The van der Waals surface area contributed by atoms with E-state index in [2.05, 4.69) is 0 Å². The van der Waals surface area contributed by atoms with Crippen LogP contribution in [0.1, 0.15) is 13.3 Å². The number of carbonyl (C=O) groups excluding carboxylic acids is 2. The van der Waals surface area contributed by atoms with Crippen molar-refractivity contribution in [3.63, 3.8) is 0 Å². The molecule has 3 rings (SSSR count). The number of epoxide rings is 2. The third kappa shape index (κ3) is 2.02. The maximum atomic E-state index is 12.1. The zero-order valence-corrected chi connectivity index (χ0v) is 9.80. The van der Waals surface area contributed by atoms with Gasteiger partial charge in [0.1, 0.15) is 6.04 Å². The van der Waals surface area contributed by atoms with Gasteiger partial charge < -0.3 is 14.4 Å². The summed E-state index contributed by atoms with van der Waals surface area (Å²) in [6.45, 7) is 4.20. The van der Waals surface area contributed by atoms with E-state index in [1.54, 1.807) is 4.90 Å². The van der Waals surface area contributed by atoms with Crippen molar-refractivity contribution in [1.29, 1.82) is 0 Å². The van der Waals surface area contributed by atoms with Crippen LogP contribution in [0.15, 0.2) is 0 Å². The van der Waals surface area contributed by atoms with Crippen molar-refractivity contribution in [2.24, 2.45) is 0 Å². The summed E-state index contributed by atoms with van der Waals surface area (Å²) in [5.41, 5.74) is 0. The average Bonchev–Trinajstić information content (AvgIpc) is 3.18. The molecule has 3 saturated heterocycles. The summed E-state index contributed by atoms with van der Waals surface area (Å²) >= 11 is 0. The minimum atomic E-state index is -0.314. The number of urea groups is 1. The van der Waals surface area contributed by atoms with E-state index < -0.39 is 0 Å². The van der Waals surface area contributed by atoms with Gasteiger partial charge in [-0.25, -0.2) is 4.79 Å². The van der Waals surface area contributed by atoms with Crippen LogP contribution in [-0.4, -0.2) is 66.3 Å². The average molecular weight is 240 g/mol. The van der Waals surface area contributed by atoms with Gasteiger partial charge in [0.15, 0.2) is 0 Å². The Morgan fingerprint density at radius 3 is 2.29 bits per heavy atom. The van der Waals surface area contributed by atoms with Gasteiger partial charge in [-0.05, 0) is 6.42 Å². The van der Waals surface area contributed by atoms with E-state index in [-0.39, 0.29) is 30.2 Å². The van der Waals surface area contributed by atoms with Crippen molar-refractivity contribution >= 4 is 11.9 Å². The second kappa shape index (κ2) is 3.96. The highest BCUT2D eigenvalue weighted by atomic mass is 16.6. The molecule has 0 aromatic rings. The number of rotatable bonds is 5. The van der Waals surface area contributed by atoms with Crippen LogP contribution in [0.4, 0.5) is 4.79 Å². The van der Waals surface area contributed by atoms with Gasteiger partial charge in [0.25, 0.3) is 5.91 Å². The molecule has 0 aromatic heterocycles. The van der Waals surface area contributed by atoms with Gasteiger partial charge >= 0.3 is 6.03 Å². The molecule has 0 aromatic carbocycles. The first-order chi connectivity index (χ1) is 8.20. The lowest BCUT2D eigenvalue weighted by atomic mass is 10.2. The Labute approximate surface area is 99.4 Å². The highest BCUT2D eigenvalue weighted by molar-refractivity contribution is 6.04. The molecule has 3 amide bonds. The van der Waals surface area contributed by atoms with E-state index in [0.717, 1.165) is 0 Å². The van der Waals surface area contributed by atoms with Crippen LogP contribution in [0.5, 0.6) is 0 Å². The number of hydrogen-bond acceptors (Lipinski definition) is 4. The second-order valence-corrected chi connectivity index (χ2v) is 4.72. The second-order valence-electron chi connectivity index (χ2n) is 4.72. The summed E-state index contributed by atoms with van der Waals surface area (Å²) in [5.74, 6) is -0.0892. The first-order valence-electron chi connectivity index (χ1n) is 6.06. The van der Waals surface area contributed by atoms with Gasteiger partial charge in [-0.15, -0.1) is 0 Å². The lowest BCUT2D eigenvalue weighted by molar-refractivity contribution is -0.128. The fraction of sp³-hybridized carbons (Fsp3) is 0.818. The van der Waals surface area contributed by atoms with Crippen molar-refractivity contribution in [1.82, 2.24) is 9.80 Å². The van der Waals surface area contributed by atoms with E-state index in [0.29, 0.717) is 32.7 Å². The third-order valence-corrected chi connectivity index (χ3v) is 3.38. The molecule has 0 N–H and O–H groups in total. The highest BCUT2D eigenvalue weighted by Crippen LogP contribution is 2.25. The van der Waals surface area contributed by atoms with Crippen molar-refractivity contribution in [3.05, 3.63) is 0 Å². The Bertz CT molecular complexity index is 351. The van der Waals surface area contributed by atoms with Gasteiger partial charge in [0.05, 0.1) is 38.5 Å². The predicted molar refractivity (Wildman–Crippen MR) is 57.4 cm³/mol. The van der Waals surface area contributed by atoms with E-state index in [1.807, 2.05) is 6.92 Å². The fourth-order valence-corrected chi connectivity index (χ4v) is 2.23. The molecule has 3 unspecified atom stereocenters. The Morgan fingerprint density at radius 2 is 1.76 bits per heavy atom. The molecule has 0 spiro atoms. The Hall–Kier alpha value is -1.14. The molecule has 3 atom stereocenters. The van der Waals surface area contributed by atoms with E-state index in [4.69, 9.17) is 9.47 Å². The summed E-state index contributed by atoms with van der Waals surface area (Å²) in [6, 6.07) is -0.502. The maximum Gasteiger partial charge on any atom is 0.327 e. The van der Waals surface area contributed by atoms with Crippen LogP contribution in [0.3, 0.4) is 0 Å². The monoisotopic (exact) mass is 240 g/mol. The van der Waals surface area contributed by atoms with E-state index >= 15 is 0 Å². The van der Waals surface area contributed by atoms with Crippen molar-refractivity contribution in [2.45, 2.75) is 31.6 Å². The molecular weight excluding hydrogens is 224 g/mol. The number of ether oxygens (including phenoxy) is 2. The third-order valence-electron chi connectivity index (χ3n) is 3.38. The van der Waals surface area contributed by atoms with Crippen LogP contribution < -0.4 is 0 Å². The van der Waals surface area contributed by atoms with Crippen molar-refractivity contribution in [3.8, 4) is 0 Å². The first-order valence-corrected chi connectivity index (χ1v) is 6.06. The quantitative estimate of drug-likeness (QED) is 0.494. The summed E-state index contributed by atoms with van der Waals surface area (Å²) in [6.07, 6.45) is 0.828. The van der Waals surface area contributed by atoms with Crippen molar-refractivity contribution in [2.75, 3.05) is 26.3 Å². The molecule has 0 radical (unpaired) electrons.